The largest absolute Gasteiger partial charge is 0.478 e. The normalized spacial score (nSPS) is 12.6. The minimum Gasteiger partial charge on any atom is -0.478 e. The van der Waals surface area contributed by atoms with Gasteiger partial charge in [-0.2, -0.15) is 0 Å². The minimum atomic E-state index is -0.917. The highest BCUT2D eigenvalue weighted by Crippen LogP contribution is 2.33. The van der Waals surface area contributed by atoms with Crippen LogP contribution in [0.5, 0.6) is 0 Å². The number of halogens is 1. The summed E-state index contributed by atoms with van der Waals surface area (Å²) in [6.45, 7) is 2.69. The van der Waals surface area contributed by atoms with Crippen LogP contribution in [0.3, 0.4) is 0 Å². The number of aryl methyl sites for hydroxylation is 1. The lowest BCUT2D eigenvalue weighted by Crippen LogP contribution is -2.14. The van der Waals surface area contributed by atoms with Crippen LogP contribution in [0, 0.1) is 0 Å². The van der Waals surface area contributed by atoms with Crippen molar-refractivity contribution in [3.8, 4) is 0 Å². The van der Waals surface area contributed by atoms with E-state index < -0.39 is 5.97 Å². The maximum Gasteiger partial charge on any atom is 0.332 e. The lowest BCUT2D eigenvalue weighted by atomic mass is 9.89. The molecule has 4 nitrogen and oxygen atoms in total. The van der Waals surface area contributed by atoms with Gasteiger partial charge in [0.1, 0.15) is 5.82 Å². The molecule has 2 aromatic carbocycles. The number of imidazole rings is 1. The topological polar surface area (TPSA) is 55.1 Å². The molecule has 0 aliphatic carbocycles. The van der Waals surface area contributed by atoms with Crippen LogP contribution in [0.2, 0.25) is 5.02 Å². The predicted octanol–water partition coefficient (Wildman–Crippen LogP) is 7.48. The number of carboxylic acids is 1. The van der Waals surface area contributed by atoms with Crippen LogP contribution >= 0.6 is 22.9 Å². The van der Waals surface area contributed by atoms with Gasteiger partial charge in [-0.05, 0) is 47.6 Å². The molecule has 4 aromatic rings. The number of benzene rings is 2. The monoisotopic (exact) mass is 504 g/mol. The zero-order valence-electron chi connectivity index (χ0n) is 19.7. The average molecular weight is 505 g/mol. The fraction of sp³-hybridized carbons (Fsp3) is 0.241. The summed E-state index contributed by atoms with van der Waals surface area (Å²) in [5, 5.41) is 13.0. The Morgan fingerprint density at radius 2 is 1.89 bits per heavy atom. The number of nitrogens with zero attached hydrogens (tertiary/aromatic N) is 2. The molecule has 0 amide bonds. The van der Waals surface area contributed by atoms with Gasteiger partial charge in [-0.15, -0.1) is 11.3 Å². The number of aromatic nitrogens is 2. The third-order valence-corrected chi connectivity index (χ3v) is 7.46. The van der Waals surface area contributed by atoms with E-state index in [0.717, 1.165) is 46.8 Å². The van der Waals surface area contributed by atoms with E-state index in [1.165, 1.54) is 0 Å². The number of carboxylic acid groups (broad SMARTS) is 1. The fourth-order valence-electron chi connectivity index (χ4n) is 4.23. The van der Waals surface area contributed by atoms with E-state index >= 15 is 0 Å². The second kappa shape index (κ2) is 12.0. The number of hydrogen-bond donors (Lipinski definition) is 1. The molecule has 0 spiro atoms. The maximum absolute atomic E-state index is 12.6. The van der Waals surface area contributed by atoms with Gasteiger partial charge in [0.15, 0.2) is 0 Å². The van der Waals surface area contributed by atoms with E-state index in [-0.39, 0.29) is 5.92 Å². The van der Waals surface area contributed by atoms with Gasteiger partial charge >= 0.3 is 5.97 Å². The first-order valence-electron chi connectivity index (χ1n) is 11.9. The highest BCUT2D eigenvalue weighted by molar-refractivity contribution is 7.10. The molecule has 0 bridgehead atoms. The molecule has 2 heterocycles. The second-order valence-corrected chi connectivity index (χ2v) is 9.93. The van der Waals surface area contributed by atoms with Crippen LogP contribution in [0.4, 0.5) is 0 Å². The van der Waals surface area contributed by atoms with Crippen molar-refractivity contribution in [1.82, 2.24) is 9.55 Å². The Morgan fingerprint density at radius 1 is 1.11 bits per heavy atom. The smallest absolute Gasteiger partial charge is 0.332 e. The molecule has 0 saturated heterocycles. The Morgan fingerprint density at radius 3 is 2.57 bits per heavy atom. The van der Waals surface area contributed by atoms with Gasteiger partial charge in [0.25, 0.3) is 0 Å². The Kier molecular flexibility index (Phi) is 8.56. The first kappa shape index (κ1) is 25.0. The Bertz CT molecular complexity index is 1280. The van der Waals surface area contributed by atoms with Gasteiger partial charge in [-0.3, -0.25) is 0 Å². The summed E-state index contributed by atoms with van der Waals surface area (Å²) in [5.41, 5.74) is 3.23. The first-order chi connectivity index (χ1) is 17.1. The molecule has 0 aliphatic heterocycles. The van der Waals surface area contributed by atoms with Crippen molar-refractivity contribution in [2.75, 3.05) is 0 Å². The van der Waals surface area contributed by atoms with Crippen LogP contribution in [0.15, 0.2) is 83.9 Å². The van der Waals surface area contributed by atoms with Crippen LogP contribution < -0.4 is 0 Å². The molecule has 0 fully saturated rings. The molecule has 1 atom stereocenters. The molecule has 35 heavy (non-hydrogen) atoms. The molecule has 6 heteroatoms. The highest BCUT2D eigenvalue weighted by Gasteiger charge is 2.25. The molecule has 0 saturated carbocycles. The van der Waals surface area contributed by atoms with Crippen LogP contribution in [0.25, 0.3) is 6.08 Å². The van der Waals surface area contributed by atoms with E-state index in [9.17, 15) is 9.90 Å². The third-order valence-electron chi connectivity index (χ3n) is 6.10. The molecule has 1 unspecified atom stereocenters. The predicted molar refractivity (Wildman–Crippen MR) is 144 cm³/mol. The number of aliphatic carboxylic acids is 1. The van der Waals surface area contributed by atoms with Crippen molar-refractivity contribution in [1.29, 1.82) is 0 Å². The standard InChI is InChI=1S/C29H29ClN2O2S/c1-2-3-15-28-31-19-23(32(28)20-22-12-7-8-13-26(22)30)18-25(29(33)34)24(27-14-9-16-35-27)17-21-10-5-4-6-11-21/h4-14,16,18-19,24H,2-3,15,17,20H2,1H3,(H,33,34)/b25-18+. The van der Waals surface area contributed by atoms with Gasteiger partial charge in [-0.25, -0.2) is 9.78 Å². The second-order valence-electron chi connectivity index (χ2n) is 8.54. The van der Waals surface area contributed by atoms with Crippen molar-refractivity contribution in [3.63, 3.8) is 0 Å². The van der Waals surface area contributed by atoms with Gasteiger partial charge < -0.3 is 9.67 Å². The molecule has 4 rings (SSSR count). The van der Waals surface area contributed by atoms with Crippen molar-refractivity contribution < 1.29 is 9.90 Å². The zero-order valence-corrected chi connectivity index (χ0v) is 21.3. The summed E-state index contributed by atoms with van der Waals surface area (Å²) in [6, 6.07) is 21.8. The lowest BCUT2D eigenvalue weighted by Gasteiger charge is -2.18. The molecule has 0 aliphatic rings. The number of thiophene rings is 1. The summed E-state index contributed by atoms with van der Waals surface area (Å²) in [7, 11) is 0. The Hall–Kier alpha value is -3.15. The number of rotatable bonds is 11. The average Bonchev–Trinajstić information content (AvgIpc) is 3.52. The molecular formula is C29H29ClN2O2S. The quantitative estimate of drug-likeness (QED) is 0.215. The number of hydrogen-bond acceptors (Lipinski definition) is 3. The highest BCUT2D eigenvalue weighted by atomic mass is 35.5. The third kappa shape index (κ3) is 6.30. The summed E-state index contributed by atoms with van der Waals surface area (Å²) in [5.74, 6) is -0.240. The molecule has 180 valence electrons. The van der Waals surface area contributed by atoms with E-state index in [4.69, 9.17) is 11.6 Å². The number of unbranched alkanes of at least 4 members (excludes halogenated alkanes) is 1. The van der Waals surface area contributed by atoms with Gasteiger partial charge in [0, 0.05) is 27.8 Å². The van der Waals surface area contributed by atoms with E-state index in [2.05, 4.69) is 16.5 Å². The van der Waals surface area contributed by atoms with Crippen molar-refractivity contribution in [3.05, 3.63) is 116 Å². The first-order valence-corrected chi connectivity index (χ1v) is 13.1. The van der Waals surface area contributed by atoms with Gasteiger partial charge in [0.05, 0.1) is 18.4 Å². The van der Waals surface area contributed by atoms with Gasteiger partial charge in [0.2, 0.25) is 0 Å². The van der Waals surface area contributed by atoms with E-state index in [1.54, 1.807) is 23.6 Å². The van der Waals surface area contributed by atoms with Crippen LogP contribution in [-0.2, 0) is 24.2 Å². The van der Waals surface area contributed by atoms with Gasteiger partial charge in [-0.1, -0.05) is 79.5 Å². The van der Waals surface area contributed by atoms with Crippen molar-refractivity contribution in [2.45, 2.75) is 45.1 Å². The maximum atomic E-state index is 12.6. The summed E-state index contributed by atoms with van der Waals surface area (Å²) < 4.78 is 2.10. The zero-order chi connectivity index (χ0) is 24.6. The molecule has 0 radical (unpaired) electrons. The summed E-state index contributed by atoms with van der Waals surface area (Å²) in [6.07, 6.45) is 7.10. The number of carbonyl (C=O) groups is 1. The summed E-state index contributed by atoms with van der Waals surface area (Å²) >= 11 is 8.06. The summed E-state index contributed by atoms with van der Waals surface area (Å²) in [4.78, 5) is 18.3. The molecule has 2 aromatic heterocycles. The van der Waals surface area contributed by atoms with Crippen molar-refractivity contribution in [2.24, 2.45) is 0 Å². The van der Waals surface area contributed by atoms with E-state index in [0.29, 0.717) is 23.6 Å². The Balaban J connectivity index is 1.78. The molecular weight excluding hydrogens is 476 g/mol. The minimum absolute atomic E-state index is 0.266. The van der Waals surface area contributed by atoms with Crippen LogP contribution in [0.1, 0.15) is 53.2 Å². The van der Waals surface area contributed by atoms with E-state index in [1.807, 2.05) is 72.1 Å². The SMILES string of the molecule is CCCCc1ncc(/C=C(/C(=O)O)C(Cc2ccccc2)c2cccs2)n1Cc1ccccc1Cl. The molecule has 1 N–H and O–H groups in total. The lowest BCUT2D eigenvalue weighted by molar-refractivity contribution is -0.132. The van der Waals surface area contributed by atoms with Crippen molar-refractivity contribution >= 4 is 35.0 Å². The van der Waals surface area contributed by atoms with Crippen LogP contribution in [-0.4, -0.2) is 20.6 Å². The Labute approximate surface area is 215 Å². The fourth-order valence-corrected chi connectivity index (χ4v) is 5.27.